The molecule has 2 amide bonds. The maximum atomic E-state index is 11.5. The van der Waals surface area contributed by atoms with E-state index in [0.29, 0.717) is 12.3 Å². The molecule has 0 saturated heterocycles. The van der Waals surface area contributed by atoms with Gasteiger partial charge in [-0.1, -0.05) is 12.2 Å². The standard InChI is InChI=1S/C10H18N2O2S/c1-3-4-5-6-11-10(14)9(7-15)12-8(2)13/h3-4,9,15H,5-7H2,1-2H3,(H,11,14)(H,12,13)/b4-3+. The molecule has 2 N–H and O–H groups in total. The number of hydrogen-bond donors (Lipinski definition) is 3. The zero-order valence-electron chi connectivity index (χ0n) is 9.12. The third-order valence-electron chi connectivity index (χ3n) is 1.72. The number of hydrogen-bond acceptors (Lipinski definition) is 3. The number of thiol groups is 1. The van der Waals surface area contributed by atoms with E-state index in [0.717, 1.165) is 6.42 Å². The lowest BCUT2D eigenvalue weighted by Crippen LogP contribution is -2.47. The van der Waals surface area contributed by atoms with Gasteiger partial charge in [0, 0.05) is 19.2 Å². The second-order valence-electron chi connectivity index (χ2n) is 3.08. The van der Waals surface area contributed by atoms with Gasteiger partial charge in [0.15, 0.2) is 0 Å². The lowest BCUT2D eigenvalue weighted by Gasteiger charge is -2.14. The van der Waals surface area contributed by atoms with E-state index in [2.05, 4.69) is 23.3 Å². The summed E-state index contributed by atoms with van der Waals surface area (Å²) in [6.07, 6.45) is 4.69. The van der Waals surface area contributed by atoms with Crippen molar-refractivity contribution < 1.29 is 9.59 Å². The van der Waals surface area contributed by atoms with E-state index in [-0.39, 0.29) is 11.8 Å². The van der Waals surface area contributed by atoms with Crippen LogP contribution >= 0.6 is 12.6 Å². The summed E-state index contributed by atoms with van der Waals surface area (Å²) in [5.74, 6) is -0.114. The van der Waals surface area contributed by atoms with Crippen molar-refractivity contribution in [2.45, 2.75) is 26.3 Å². The van der Waals surface area contributed by atoms with Gasteiger partial charge in [-0.25, -0.2) is 0 Å². The molecule has 86 valence electrons. The summed E-state index contributed by atoms with van der Waals surface area (Å²) in [5.41, 5.74) is 0. The lowest BCUT2D eigenvalue weighted by molar-refractivity contribution is -0.127. The largest absolute Gasteiger partial charge is 0.354 e. The Kier molecular flexibility index (Phi) is 7.81. The molecule has 0 saturated carbocycles. The molecule has 0 aliphatic heterocycles. The smallest absolute Gasteiger partial charge is 0.243 e. The molecule has 5 heteroatoms. The first-order chi connectivity index (χ1) is 7.11. The van der Waals surface area contributed by atoms with Crippen molar-refractivity contribution in [1.29, 1.82) is 0 Å². The predicted molar refractivity (Wildman–Crippen MR) is 63.9 cm³/mol. The monoisotopic (exact) mass is 230 g/mol. The maximum absolute atomic E-state index is 11.5. The Labute approximate surface area is 95.9 Å². The summed E-state index contributed by atoms with van der Waals surface area (Å²) in [4.78, 5) is 22.2. The zero-order valence-corrected chi connectivity index (χ0v) is 10.0. The molecule has 0 heterocycles. The molecule has 0 spiro atoms. The highest BCUT2D eigenvalue weighted by Crippen LogP contribution is 1.89. The summed E-state index contributed by atoms with van der Waals surface area (Å²) < 4.78 is 0. The van der Waals surface area contributed by atoms with Crippen LogP contribution in [0.15, 0.2) is 12.2 Å². The van der Waals surface area contributed by atoms with E-state index >= 15 is 0 Å². The number of carbonyl (C=O) groups is 2. The van der Waals surface area contributed by atoms with Crippen LogP contribution in [0.3, 0.4) is 0 Å². The van der Waals surface area contributed by atoms with Crippen LogP contribution in [0.5, 0.6) is 0 Å². The van der Waals surface area contributed by atoms with Gasteiger partial charge >= 0.3 is 0 Å². The molecule has 1 atom stereocenters. The van der Waals surface area contributed by atoms with Gasteiger partial charge in [-0.05, 0) is 13.3 Å². The minimum Gasteiger partial charge on any atom is -0.354 e. The van der Waals surface area contributed by atoms with Crippen LogP contribution in [-0.4, -0.2) is 30.2 Å². The van der Waals surface area contributed by atoms with Crippen LogP contribution in [-0.2, 0) is 9.59 Å². The quantitative estimate of drug-likeness (QED) is 0.353. The van der Waals surface area contributed by atoms with Crippen LogP contribution in [0.2, 0.25) is 0 Å². The Hall–Kier alpha value is -0.970. The average Bonchev–Trinajstić information content (AvgIpc) is 2.20. The minimum atomic E-state index is -0.545. The summed E-state index contributed by atoms with van der Waals surface area (Å²) in [7, 11) is 0. The van der Waals surface area contributed by atoms with Crippen molar-refractivity contribution in [2.75, 3.05) is 12.3 Å². The molecule has 0 fully saturated rings. The van der Waals surface area contributed by atoms with Crippen molar-refractivity contribution in [3.05, 3.63) is 12.2 Å². The van der Waals surface area contributed by atoms with Crippen molar-refractivity contribution in [1.82, 2.24) is 10.6 Å². The average molecular weight is 230 g/mol. The highest BCUT2D eigenvalue weighted by atomic mass is 32.1. The fourth-order valence-corrected chi connectivity index (χ4v) is 1.27. The van der Waals surface area contributed by atoms with E-state index in [1.54, 1.807) is 0 Å². The molecular formula is C10H18N2O2S. The molecular weight excluding hydrogens is 212 g/mol. The molecule has 0 aromatic heterocycles. The van der Waals surface area contributed by atoms with Gasteiger partial charge in [0.2, 0.25) is 11.8 Å². The molecule has 0 aromatic carbocycles. The highest BCUT2D eigenvalue weighted by molar-refractivity contribution is 7.80. The van der Waals surface area contributed by atoms with Gasteiger partial charge in [0.25, 0.3) is 0 Å². The van der Waals surface area contributed by atoms with E-state index in [1.807, 2.05) is 19.1 Å². The molecule has 1 unspecified atom stereocenters. The number of nitrogens with one attached hydrogen (secondary N) is 2. The van der Waals surface area contributed by atoms with Crippen molar-refractivity contribution in [3.8, 4) is 0 Å². The molecule has 0 aromatic rings. The van der Waals surface area contributed by atoms with Gasteiger partial charge in [-0.2, -0.15) is 12.6 Å². The Bertz CT molecular complexity index is 242. The molecule has 0 aliphatic carbocycles. The van der Waals surface area contributed by atoms with E-state index in [4.69, 9.17) is 0 Å². The second kappa shape index (κ2) is 8.35. The van der Waals surface area contributed by atoms with Crippen molar-refractivity contribution >= 4 is 24.4 Å². The third kappa shape index (κ3) is 7.02. The molecule has 0 rings (SSSR count). The van der Waals surface area contributed by atoms with Crippen LogP contribution in [0.1, 0.15) is 20.3 Å². The second-order valence-corrected chi connectivity index (χ2v) is 3.45. The van der Waals surface area contributed by atoms with Gasteiger partial charge in [-0.15, -0.1) is 0 Å². The van der Waals surface area contributed by atoms with Gasteiger partial charge in [-0.3, -0.25) is 9.59 Å². The van der Waals surface area contributed by atoms with Crippen molar-refractivity contribution in [3.63, 3.8) is 0 Å². The third-order valence-corrected chi connectivity index (χ3v) is 2.09. The van der Waals surface area contributed by atoms with E-state index < -0.39 is 6.04 Å². The first kappa shape index (κ1) is 14.0. The Morgan fingerprint density at radius 1 is 1.47 bits per heavy atom. The summed E-state index contributed by atoms with van der Waals surface area (Å²) in [5, 5.41) is 5.24. The minimum absolute atomic E-state index is 0.190. The van der Waals surface area contributed by atoms with Gasteiger partial charge < -0.3 is 10.6 Å². The van der Waals surface area contributed by atoms with Crippen LogP contribution < -0.4 is 10.6 Å². The first-order valence-electron chi connectivity index (χ1n) is 4.88. The Morgan fingerprint density at radius 3 is 2.60 bits per heavy atom. The number of amides is 2. The summed E-state index contributed by atoms with van der Waals surface area (Å²) >= 11 is 4.00. The van der Waals surface area contributed by atoms with Crippen LogP contribution in [0, 0.1) is 0 Å². The normalized spacial score (nSPS) is 12.5. The van der Waals surface area contributed by atoms with Gasteiger partial charge in [0.1, 0.15) is 6.04 Å². The summed E-state index contributed by atoms with van der Waals surface area (Å²) in [6.45, 7) is 3.88. The number of carbonyl (C=O) groups excluding carboxylic acids is 2. The fraction of sp³-hybridized carbons (Fsp3) is 0.600. The first-order valence-corrected chi connectivity index (χ1v) is 5.52. The molecule has 0 bridgehead atoms. The SMILES string of the molecule is C/C=C/CCNC(=O)C(CS)NC(C)=O. The Morgan fingerprint density at radius 2 is 2.13 bits per heavy atom. The van der Waals surface area contributed by atoms with Gasteiger partial charge in [0.05, 0.1) is 0 Å². The van der Waals surface area contributed by atoms with Crippen molar-refractivity contribution in [2.24, 2.45) is 0 Å². The number of allylic oxidation sites excluding steroid dienone is 1. The Balaban J connectivity index is 3.88. The lowest BCUT2D eigenvalue weighted by atomic mass is 10.3. The highest BCUT2D eigenvalue weighted by Gasteiger charge is 2.16. The van der Waals surface area contributed by atoms with Crippen LogP contribution in [0.25, 0.3) is 0 Å². The fourth-order valence-electron chi connectivity index (χ4n) is 1.01. The van der Waals surface area contributed by atoms with E-state index in [1.165, 1.54) is 6.92 Å². The molecule has 0 radical (unpaired) electrons. The van der Waals surface area contributed by atoms with E-state index in [9.17, 15) is 9.59 Å². The maximum Gasteiger partial charge on any atom is 0.243 e. The van der Waals surface area contributed by atoms with Crippen LogP contribution in [0.4, 0.5) is 0 Å². The zero-order chi connectivity index (χ0) is 11.7. The predicted octanol–water partition coefficient (Wildman–Crippen LogP) is 0.503. The number of rotatable bonds is 6. The summed E-state index contributed by atoms with van der Waals surface area (Å²) in [6, 6.07) is -0.545. The topological polar surface area (TPSA) is 58.2 Å². The molecule has 0 aliphatic rings. The molecule has 15 heavy (non-hydrogen) atoms. The molecule has 4 nitrogen and oxygen atoms in total.